The third-order valence-electron chi connectivity index (χ3n) is 2.86. The maximum Gasteiger partial charge on any atom is 0.0631 e. The summed E-state index contributed by atoms with van der Waals surface area (Å²) in [6.45, 7) is 6.02. The molecule has 2 nitrogen and oxygen atoms in total. The van der Waals surface area contributed by atoms with E-state index in [2.05, 4.69) is 40.3 Å². The minimum atomic E-state index is -0.304. The smallest absolute Gasteiger partial charge is 0.0631 e. The van der Waals surface area contributed by atoms with Crippen LogP contribution in [0, 0.1) is 0 Å². The molecule has 0 aliphatic carbocycles. The van der Waals surface area contributed by atoms with Gasteiger partial charge in [0.1, 0.15) is 0 Å². The molecule has 0 bridgehead atoms. The lowest BCUT2D eigenvalue weighted by Gasteiger charge is -2.20. The van der Waals surface area contributed by atoms with Gasteiger partial charge in [-0.05, 0) is 44.7 Å². The first-order valence-electron chi connectivity index (χ1n) is 5.77. The molecular weight excluding hydrogens is 298 g/mol. The highest BCUT2D eigenvalue weighted by atomic mass is 79.9. The number of aliphatic hydroxyl groups excluding tert-OH is 1. The van der Waals surface area contributed by atoms with E-state index >= 15 is 0 Å². The summed E-state index contributed by atoms with van der Waals surface area (Å²) in [4.78, 5) is 1.23. The van der Waals surface area contributed by atoms with Crippen molar-refractivity contribution in [2.75, 3.05) is 7.05 Å². The topological polar surface area (TPSA) is 32.3 Å². The van der Waals surface area contributed by atoms with E-state index in [4.69, 9.17) is 0 Å². The van der Waals surface area contributed by atoms with Crippen molar-refractivity contribution in [2.24, 2.45) is 0 Å². The van der Waals surface area contributed by atoms with Crippen LogP contribution in [0.5, 0.6) is 0 Å². The summed E-state index contributed by atoms with van der Waals surface area (Å²) in [5.41, 5.74) is 1.26. The maximum atomic E-state index is 9.58. The van der Waals surface area contributed by atoms with Gasteiger partial charge in [-0.2, -0.15) is 0 Å². The molecule has 1 aromatic carbocycles. The molecule has 96 valence electrons. The fourth-order valence-electron chi connectivity index (χ4n) is 1.42. The summed E-state index contributed by atoms with van der Waals surface area (Å²) >= 11 is 5.22. The molecule has 3 unspecified atom stereocenters. The minimum absolute atomic E-state index is 0.194. The van der Waals surface area contributed by atoms with E-state index in [1.807, 2.05) is 27.0 Å². The highest BCUT2D eigenvalue weighted by Gasteiger charge is 2.15. The quantitative estimate of drug-likeness (QED) is 0.814. The number of aliphatic hydroxyl groups is 1. The predicted octanol–water partition coefficient (Wildman–Crippen LogP) is 3.59. The number of rotatable bonds is 5. The van der Waals surface area contributed by atoms with Crippen LogP contribution in [0.4, 0.5) is 0 Å². The van der Waals surface area contributed by atoms with Crippen molar-refractivity contribution in [3.63, 3.8) is 0 Å². The van der Waals surface area contributed by atoms with Crippen LogP contribution in [0.2, 0.25) is 0 Å². The molecule has 0 radical (unpaired) electrons. The Labute approximate surface area is 116 Å². The minimum Gasteiger partial charge on any atom is -0.392 e. The molecule has 17 heavy (non-hydrogen) atoms. The van der Waals surface area contributed by atoms with Crippen LogP contribution in [0.3, 0.4) is 0 Å². The zero-order chi connectivity index (χ0) is 13.0. The molecular formula is C13H20BrNOS. The molecule has 0 aromatic heterocycles. The zero-order valence-electron chi connectivity index (χ0n) is 10.7. The molecule has 0 aliphatic heterocycles. The normalized spacial score (nSPS) is 16.6. The number of hydrogen-bond donors (Lipinski definition) is 2. The van der Waals surface area contributed by atoms with Crippen molar-refractivity contribution in [3.8, 4) is 0 Å². The molecule has 0 amide bonds. The molecule has 0 saturated carbocycles. The summed E-state index contributed by atoms with van der Waals surface area (Å²) in [5, 5.41) is 13.0. The van der Waals surface area contributed by atoms with Gasteiger partial charge in [0.15, 0.2) is 0 Å². The maximum absolute atomic E-state index is 9.58. The second kappa shape index (κ2) is 6.78. The standard InChI is InChI=1S/C13H20BrNOS/c1-8(15-4)12-7-11(14)5-6-13(12)17-10(3)9(2)16/h5-10,15-16H,1-4H3. The Morgan fingerprint density at radius 3 is 2.47 bits per heavy atom. The third-order valence-corrected chi connectivity index (χ3v) is 4.75. The molecule has 0 saturated heterocycles. The zero-order valence-corrected chi connectivity index (χ0v) is 13.1. The lowest BCUT2D eigenvalue weighted by molar-refractivity contribution is 0.196. The van der Waals surface area contributed by atoms with Crippen molar-refractivity contribution >= 4 is 27.7 Å². The van der Waals surface area contributed by atoms with Gasteiger partial charge in [0.05, 0.1) is 6.10 Å². The van der Waals surface area contributed by atoms with Gasteiger partial charge in [-0.25, -0.2) is 0 Å². The van der Waals surface area contributed by atoms with E-state index in [0.29, 0.717) is 6.04 Å². The molecule has 0 heterocycles. The first-order valence-corrected chi connectivity index (χ1v) is 7.44. The second-order valence-corrected chi connectivity index (χ2v) is 6.59. The van der Waals surface area contributed by atoms with Gasteiger partial charge < -0.3 is 10.4 Å². The van der Waals surface area contributed by atoms with Crippen LogP contribution in [-0.4, -0.2) is 23.5 Å². The van der Waals surface area contributed by atoms with Gasteiger partial charge in [-0.3, -0.25) is 0 Å². The monoisotopic (exact) mass is 317 g/mol. The Kier molecular flexibility index (Phi) is 6.00. The SMILES string of the molecule is CNC(C)c1cc(Br)ccc1SC(C)C(C)O. The molecule has 2 N–H and O–H groups in total. The van der Waals surface area contributed by atoms with Gasteiger partial charge in [0.25, 0.3) is 0 Å². The van der Waals surface area contributed by atoms with Gasteiger partial charge in [0.2, 0.25) is 0 Å². The van der Waals surface area contributed by atoms with Crippen molar-refractivity contribution in [3.05, 3.63) is 28.2 Å². The lowest BCUT2D eigenvalue weighted by Crippen LogP contribution is -2.17. The summed E-state index contributed by atoms with van der Waals surface area (Å²) in [6.07, 6.45) is -0.304. The van der Waals surface area contributed by atoms with E-state index in [1.165, 1.54) is 10.5 Å². The predicted molar refractivity (Wildman–Crippen MR) is 78.6 cm³/mol. The highest BCUT2D eigenvalue weighted by molar-refractivity contribution is 9.10. The van der Waals surface area contributed by atoms with E-state index in [1.54, 1.807) is 11.8 Å². The molecule has 1 rings (SSSR count). The Balaban J connectivity index is 2.98. The van der Waals surface area contributed by atoms with Gasteiger partial charge in [0, 0.05) is 20.7 Å². The van der Waals surface area contributed by atoms with Gasteiger partial charge in [-0.1, -0.05) is 22.9 Å². The molecule has 0 aliphatic rings. The summed E-state index contributed by atoms with van der Waals surface area (Å²) in [5.74, 6) is 0. The van der Waals surface area contributed by atoms with E-state index < -0.39 is 0 Å². The summed E-state index contributed by atoms with van der Waals surface area (Å²) in [7, 11) is 1.96. The van der Waals surface area contributed by atoms with Crippen molar-refractivity contribution in [1.82, 2.24) is 5.32 Å². The average molecular weight is 318 g/mol. The van der Waals surface area contributed by atoms with Crippen LogP contribution >= 0.6 is 27.7 Å². The highest BCUT2D eigenvalue weighted by Crippen LogP contribution is 2.33. The number of nitrogens with one attached hydrogen (secondary N) is 1. The van der Waals surface area contributed by atoms with Crippen LogP contribution in [-0.2, 0) is 0 Å². The average Bonchev–Trinajstić information content (AvgIpc) is 2.30. The first kappa shape index (κ1) is 15.0. The first-order chi connectivity index (χ1) is 7.95. The number of hydrogen-bond acceptors (Lipinski definition) is 3. The Morgan fingerprint density at radius 1 is 1.29 bits per heavy atom. The van der Waals surface area contributed by atoms with E-state index in [0.717, 1.165) is 4.47 Å². The van der Waals surface area contributed by atoms with Crippen molar-refractivity contribution in [1.29, 1.82) is 0 Å². The lowest BCUT2D eigenvalue weighted by atomic mass is 10.1. The Morgan fingerprint density at radius 2 is 1.94 bits per heavy atom. The van der Waals surface area contributed by atoms with Crippen LogP contribution < -0.4 is 5.32 Å². The third kappa shape index (κ3) is 4.28. The molecule has 0 fully saturated rings. The number of thioether (sulfide) groups is 1. The van der Waals surface area contributed by atoms with Crippen molar-refractivity contribution in [2.45, 2.75) is 43.1 Å². The number of halogens is 1. The van der Waals surface area contributed by atoms with Crippen LogP contribution in [0.25, 0.3) is 0 Å². The molecule has 1 aromatic rings. The fraction of sp³-hybridized carbons (Fsp3) is 0.538. The summed E-state index contributed by atoms with van der Waals surface area (Å²) in [6, 6.07) is 6.59. The summed E-state index contributed by atoms with van der Waals surface area (Å²) < 4.78 is 1.09. The van der Waals surface area contributed by atoms with Crippen molar-refractivity contribution < 1.29 is 5.11 Å². The van der Waals surface area contributed by atoms with Gasteiger partial charge >= 0.3 is 0 Å². The van der Waals surface area contributed by atoms with Crippen LogP contribution in [0.1, 0.15) is 32.4 Å². The Hall–Kier alpha value is -0.0300. The Bertz CT molecular complexity index is 370. The second-order valence-electron chi connectivity index (χ2n) is 4.26. The fourth-order valence-corrected chi connectivity index (χ4v) is 2.91. The van der Waals surface area contributed by atoms with E-state index in [-0.39, 0.29) is 11.4 Å². The largest absolute Gasteiger partial charge is 0.392 e. The molecule has 3 atom stereocenters. The van der Waals surface area contributed by atoms with E-state index in [9.17, 15) is 5.11 Å². The van der Waals surface area contributed by atoms with Gasteiger partial charge in [-0.15, -0.1) is 11.8 Å². The van der Waals surface area contributed by atoms with Crippen LogP contribution in [0.15, 0.2) is 27.6 Å². The number of benzene rings is 1. The molecule has 4 heteroatoms. The molecule has 0 spiro atoms.